The molecule has 0 spiro atoms. The highest BCUT2D eigenvalue weighted by Gasteiger charge is 2.05. The van der Waals surface area contributed by atoms with E-state index in [0.717, 1.165) is 24.2 Å². The third-order valence-corrected chi connectivity index (χ3v) is 5.70. The second-order valence-corrected chi connectivity index (χ2v) is 8.72. The summed E-state index contributed by atoms with van der Waals surface area (Å²) in [4.78, 5) is 12.0. The quantitative estimate of drug-likeness (QED) is 0.238. The largest absolute Gasteiger partial charge is 0.325 e. The molecule has 4 heteroatoms. The fourth-order valence-corrected chi connectivity index (χ4v) is 3.74. The number of halogens is 1. The Morgan fingerprint density at radius 3 is 1.90 bits per heavy atom. The van der Waals surface area contributed by atoms with Gasteiger partial charge in [-0.3, -0.25) is 4.79 Å². The van der Waals surface area contributed by atoms with Crippen molar-refractivity contribution in [3.8, 4) is 0 Å². The maximum atomic E-state index is 12.0. The minimum atomic E-state index is -0.0132. The van der Waals surface area contributed by atoms with Crippen molar-refractivity contribution in [1.29, 1.82) is 0 Å². The zero-order valence-corrected chi connectivity index (χ0v) is 19.6. The van der Waals surface area contributed by atoms with Gasteiger partial charge in [0, 0.05) is 10.7 Å². The van der Waals surface area contributed by atoms with Gasteiger partial charge in [-0.2, -0.15) is 0 Å². The van der Waals surface area contributed by atoms with E-state index in [1.807, 2.05) is 19.1 Å². The molecule has 0 saturated heterocycles. The van der Waals surface area contributed by atoms with E-state index in [9.17, 15) is 4.79 Å². The lowest BCUT2D eigenvalue weighted by molar-refractivity contribution is -0.115. The van der Waals surface area contributed by atoms with Gasteiger partial charge >= 0.3 is 0 Å². The molecule has 0 fully saturated rings. The minimum Gasteiger partial charge on any atom is -0.325 e. The molecule has 1 aromatic carbocycles. The first-order valence-corrected chi connectivity index (χ1v) is 12.3. The van der Waals surface area contributed by atoms with Crippen molar-refractivity contribution in [3.63, 3.8) is 0 Å². The van der Waals surface area contributed by atoms with Crippen molar-refractivity contribution in [1.82, 2.24) is 5.32 Å². The van der Waals surface area contributed by atoms with Gasteiger partial charge in [0.15, 0.2) is 0 Å². The number of unbranched alkanes of at least 4 members (excludes halogenated alkanes) is 13. The Morgan fingerprint density at radius 1 is 0.828 bits per heavy atom. The van der Waals surface area contributed by atoms with Crippen LogP contribution in [-0.4, -0.2) is 19.0 Å². The van der Waals surface area contributed by atoms with Gasteiger partial charge in [-0.1, -0.05) is 108 Å². The summed E-state index contributed by atoms with van der Waals surface area (Å²) >= 11 is 5.98. The highest BCUT2D eigenvalue weighted by Crippen LogP contribution is 2.20. The van der Waals surface area contributed by atoms with Crippen molar-refractivity contribution < 1.29 is 4.79 Å². The maximum absolute atomic E-state index is 12.0. The fraction of sp³-hybridized carbons (Fsp3) is 0.720. The Hall–Kier alpha value is -1.06. The molecule has 166 valence electrons. The third-order valence-electron chi connectivity index (χ3n) is 5.47. The minimum absolute atomic E-state index is 0.0132. The summed E-state index contributed by atoms with van der Waals surface area (Å²) in [6, 6.07) is 5.54. The van der Waals surface area contributed by atoms with Gasteiger partial charge in [0.2, 0.25) is 5.91 Å². The summed E-state index contributed by atoms with van der Waals surface area (Å²) < 4.78 is 0. The fourth-order valence-electron chi connectivity index (χ4n) is 3.57. The first-order valence-electron chi connectivity index (χ1n) is 11.9. The van der Waals surface area contributed by atoms with Crippen LogP contribution >= 0.6 is 11.6 Å². The lowest BCUT2D eigenvalue weighted by Crippen LogP contribution is -2.29. The Kier molecular flexibility index (Phi) is 15.9. The predicted octanol–water partition coefficient (Wildman–Crippen LogP) is 7.66. The number of rotatable bonds is 18. The Labute approximate surface area is 184 Å². The first kappa shape index (κ1) is 26.0. The van der Waals surface area contributed by atoms with Crippen molar-refractivity contribution in [2.24, 2.45) is 0 Å². The number of anilines is 1. The Bertz CT molecular complexity index is 548. The molecule has 0 atom stereocenters. The van der Waals surface area contributed by atoms with Crippen LogP contribution in [0, 0.1) is 6.92 Å². The highest BCUT2D eigenvalue weighted by atomic mass is 35.5. The molecule has 0 aromatic heterocycles. The molecular formula is C25H43ClN2O. The van der Waals surface area contributed by atoms with Crippen LogP contribution in [0.4, 0.5) is 5.69 Å². The summed E-state index contributed by atoms with van der Waals surface area (Å²) in [5, 5.41) is 6.80. The molecule has 1 aromatic rings. The molecule has 1 rings (SSSR count). The number of nitrogens with one attached hydrogen (secondary N) is 2. The van der Waals surface area contributed by atoms with Gasteiger partial charge < -0.3 is 10.6 Å². The molecule has 29 heavy (non-hydrogen) atoms. The molecule has 2 N–H and O–H groups in total. The molecule has 0 radical (unpaired) electrons. The van der Waals surface area contributed by atoms with E-state index in [-0.39, 0.29) is 5.91 Å². The molecule has 0 unspecified atom stereocenters. The molecule has 0 bridgehead atoms. The summed E-state index contributed by atoms with van der Waals surface area (Å²) in [5.41, 5.74) is 1.82. The van der Waals surface area contributed by atoms with Gasteiger partial charge in [0.1, 0.15) is 0 Å². The van der Waals surface area contributed by atoms with Gasteiger partial charge in [-0.05, 0) is 37.6 Å². The summed E-state index contributed by atoms with van der Waals surface area (Å²) in [7, 11) is 0. The topological polar surface area (TPSA) is 41.1 Å². The number of carbonyl (C=O) groups is 1. The SMILES string of the molecule is CCCCCCCCCCCCCCCCNCC(=O)Nc1cc(Cl)ccc1C. The van der Waals surface area contributed by atoms with Crippen LogP contribution in [0.2, 0.25) is 5.02 Å². The van der Waals surface area contributed by atoms with Crippen molar-refractivity contribution in [3.05, 3.63) is 28.8 Å². The maximum Gasteiger partial charge on any atom is 0.238 e. The molecular weight excluding hydrogens is 380 g/mol. The number of hydrogen-bond acceptors (Lipinski definition) is 2. The molecule has 3 nitrogen and oxygen atoms in total. The van der Waals surface area contributed by atoms with E-state index >= 15 is 0 Å². The van der Waals surface area contributed by atoms with E-state index in [4.69, 9.17) is 11.6 Å². The van der Waals surface area contributed by atoms with Crippen LogP contribution in [-0.2, 0) is 4.79 Å². The summed E-state index contributed by atoms with van der Waals surface area (Å²) in [5.74, 6) is -0.0132. The number of hydrogen-bond donors (Lipinski definition) is 2. The second kappa shape index (κ2) is 17.8. The van der Waals surface area contributed by atoms with E-state index in [0.29, 0.717) is 11.6 Å². The first-order chi connectivity index (χ1) is 14.1. The standard InChI is InChI=1S/C25H43ClN2O/c1-3-4-5-6-7-8-9-10-11-12-13-14-15-16-19-27-21-25(29)28-24-20-23(26)18-17-22(24)2/h17-18,20,27H,3-16,19,21H2,1-2H3,(H,28,29). The molecule has 1 amide bonds. The predicted molar refractivity (Wildman–Crippen MR) is 128 cm³/mol. The van der Waals surface area contributed by atoms with Crippen LogP contribution in [0.15, 0.2) is 18.2 Å². The van der Waals surface area contributed by atoms with Crippen LogP contribution in [0.25, 0.3) is 0 Å². The van der Waals surface area contributed by atoms with Crippen molar-refractivity contribution in [2.45, 2.75) is 104 Å². The average Bonchev–Trinajstić information content (AvgIpc) is 2.70. The second-order valence-electron chi connectivity index (χ2n) is 8.28. The Balaban J connectivity index is 1.85. The van der Waals surface area contributed by atoms with Gasteiger partial charge in [0.25, 0.3) is 0 Å². The van der Waals surface area contributed by atoms with E-state index in [1.165, 1.54) is 83.5 Å². The molecule has 0 saturated carbocycles. The lowest BCUT2D eigenvalue weighted by atomic mass is 10.0. The molecule has 0 aliphatic rings. The zero-order valence-electron chi connectivity index (χ0n) is 18.8. The molecule has 0 aliphatic carbocycles. The highest BCUT2D eigenvalue weighted by molar-refractivity contribution is 6.31. The van der Waals surface area contributed by atoms with E-state index in [2.05, 4.69) is 17.6 Å². The third kappa shape index (κ3) is 14.5. The van der Waals surface area contributed by atoms with Crippen LogP contribution in [0.3, 0.4) is 0 Å². The normalized spacial score (nSPS) is 11.0. The van der Waals surface area contributed by atoms with E-state index < -0.39 is 0 Å². The Morgan fingerprint density at radius 2 is 1.34 bits per heavy atom. The number of carbonyl (C=O) groups excluding carboxylic acids is 1. The summed E-state index contributed by atoms with van der Waals surface area (Å²) in [6.07, 6.45) is 19.1. The van der Waals surface area contributed by atoms with Gasteiger partial charge in [-0.25, -0.2) is 0 Å². The zero-order chi connectivity index (χ0) is 21.2. The smallest absolute Gasteiger partial charge is 0.238 e. The average molecular weight is 423 g/mol. The number of benzene rings is 1. The molecule has 0 aliphatic heterocycles. The number of amides is 1. The van der Waals surface area contributed by atoms with Crippen molar-refractivity contribution in [2.75, 3.05) is 18.4 Å². The van der Waals surface area contributed by atoms with Gasteiger partial charge in [0.05, 0.1) is 6.54 Å². The molecule has 0 heterocycles. The van der Waals surface area contributed by atoms with E-state index in [1.54, 1.807) is 6.07 Å². The lowest BCUT2D eigenvalue weighted by Gasteiger charge is -2.09. The monoisotopic (exact) mass is 422 g/mol. The summed E-state index contributed by atoms with van der Waals surface area (Å²) in [6.45, 7) is 5.50. The van der Waals surface area contributed by atoms with Crippen LogP contribution in [0.1, 0.15) is 102 Å². The van der Waals surface area contributed by atoms with Gasteiger partial charge in [-0.15, -0.1) is 0 Å². The number of aryl methyl sites for hydroxylation is 1. The van der Waals surface area contributed by atoms with Crippen molar-refractivity contribution >= 4 is 23.2 Å². The van der Waals surface area contributed by atoms with Crippen LogP contribution < -0.4 is 10.6 Å². The van der Waals surface area contributed by atoms with Crippen LogP contribution in [0.5, 0.6) is 0 Å².